The summed E-state index contributed by atoms with van der Waals surface area (Å²) in [5.41, 5.74) is 9.18. The molecule has 438 valence electrons. The summed E-state index contributed by atoms with van der Waals surface area (Å²) < 4.78 is 20.9. The second-order valence-corrected chi connectivity index (χ2v) is 21.8. The molecule has 3 saturated heterocycles. The number of nitrogens with zero attached hydrogens (tertiary/aromatic N) is 16. The largest absolute Gasteiger partial charge is 0.374 e. The molecule has 4 aliphatic heterocycles. The van der Waals surface area contributed by atoms with Crippen LogP contribution < -0.4 is 40.9 Å². The number of anilines is 8. The minimum atomic E-state index is -0.249. The fraction of sp³-hybridized carbons (Fsp3) is 0.339. The lowest BCUT2D eigenvalue weighted by atomic mass is 10.0. The maximum Gasteiger partial charge on any atom is 0.232 e. The van der Waals surface area contributed by atoms with Crippen LogP contribution in [0, 0.1) is 12.7 Å². The minimum absolute atomic E-state index is 0.103. The molecule has 9 aromatic rings. The van der Waals surface area contributed by atoms with Crippen molar-refractivity contribution in [3.63, 3.8) is 0 Å². The molecule has 0 amide bonds. The number of fused-ring (bicyclic) bond motifs is 1. The van der Waals surface area contributed by atoms with Gasteiger partial charge in [0.1, 0.15) is 18.5 Å². The molecule has 21 nitrogen and oxygen atoms in total. The molecule has 0 radical (unpaired) electrons. The molecule has 5 aromatic heterocycles. The van der Waals surface area contributed by atoms with Gasteiger partial charge in [-0.05, 0) is 90.5 Å². The zero-order valence-corrected chi connectivity index (χ0v) is 49.0. The summed E-state index contributed by atoms with van der Waals surface area (Å²) in [7, 11) is 0. The number of rotatable bonds is 16. The van der Waals surface area contributed by atoms with Crippen LogP contribution in [0.15, 0.2) is 157 Å². The van der Waals surface area contributed by atoms with Gasteiger partial charge in [0.05, 0.1) is 42.9 Å². The highest BCUT2D eigenvalue weighted by atomic mass is 32.2. The van der Waals surface area contributed by atoms with Gasteiger partial charge in [0, 0.05) is 112 Å². The number of hydrogen-bond donors (Lipinski definition) is 4. The van der Waals surface area contributed by atoms with Crippen molar-refractivity contribution >= 4 is 58.8 Å². The van der Waals surface area contributed by atoms with Crippen LogP contribution in [0.1, 0.15) is 47.4 Å². The molecule has 4 N–H and O–H groups in total. The van der Waals surface area contributed by atoms with E-state index in [0.717, 1.165) is 136 Å². The minimum Gasteiger partial charge on any atom is -0.374 e. The Morgan fingerprint density at radius 2 is 1.27 bits per heavy atom. The van der Waals surface area contributed by atoms with Gasteiger partial charge in [-0.2, -0.15) is 15.1 Å². The van der Waals surface area contributed by atoms with Gasteiger partial charge in [-0.15, -0.1) is 0 Å². The fourth-order valence-electron chi connectivity index (χ4n) is 10.5. The van der Waals surface area contributed by atoms with Crippen molar-refractivity contribution in [2.75, 3.05) is 102 Å². The monoisotopic (exact) mass is 1160 g/mol. The molecule has 2 unspecified atom stereocenters. The van der Waals surface area contributed by atoms with Gasteiger partial charge < -0.3 is 45.6 Å². The van der Waals surface area contributed by atoms with Gasteiger partial charge in [0.15, 0.2) is 0 Å². The molecule has 23 heteroatoms. The van der Waals surface area contributed by atoms with Crippen LogP contribution >= 0.6 is 11.8 Å². The summed E-state index contributed by atoms with van der Waals surface area (Å²) in [5, 5.41) is 18.0. The predicted octanol–water partition coefficient (Wildman–Crippen LogP) is 8.12. The maximum atomic E-state index is 13.1. The number of benzene rings is 4. The average molecular weight is 1160 g/mol. The number of morpholine rings is 1. The fourth-order valence-corrected chi connectivity index (χ4v) is 11.3. The van der Waals surface area contributed by atoms with E-state index >= 15 is 0 Å². The van der Waals surface area contributed by atoms with Gasteiger partial charge in [-0.3, -0.25) is 4.68 Å². The highest BCUT2D eigenvalue weighted by Gasteiger charge is 2.31. The first kappa shape index (κ1) is 58.0. The van der Waals surface area contributed by atoms with Crippen LogP contribution in [-0.2, 0) is 37.1 Å². The van der Waals surface area contributed by atoms with Crippen molar-refractivity contribution in [2.45, 2.75) is 75.1 Å². The van der Waals surface area contributed by atoms with Crippen LogP contribution in [0.2, 0.25) is 0 Å². The highest BCUT2D eigenvalue weighted by Crippen LogP contribution is 2.29. The number of halogens is 1. The molecule has 2 atom stereocenters. The summed E-state index contributed by atoms with van der Waals surface area (Å²) >= 11 is 1.50. The third-order valence-electron chi connectivity index (χ3n) is 15.0. The maximum absolute atomic E-state index is 13.1. The molecule has 3 fully saturated rings. The Hall–Kier alpha value is -8.77. The van der Waals surface area contributed by atoms with Crippen LogP contribution in [0.5, 0.6) is 0 Å². The lowest BCUT2D eigenvalue weighted by molar-refractivity contribution is 0.0158. The van der Waals surface area contributed by atoms with E-state index in [1.165, 1.54) is 52.5 Å². The van der Waals surface area contributed by atoms with E-state index in [0.29, 0.717) is 36.3 Å². The summed E-state index contributed by atoms with van der Waals surface area (Å²) in [4.78, 5) is 56.7. The standard InChI is InChI=1S/C34H35N9.C26H30FN11OS.C2H6/c1-3-7-25(8-4-1)17-27-20-36-33(37-21-27)42-15-16-43(31(23-42)18-26-9-5-2-6-10-26)34-39-24-38-32(41-34)40-30-12-11-28-13-14-35-22-29(28)19-30;1-18-23(15-33-38(18)16-20-12-28-6-11-39-20)34-24-31-17-32-26(35-24)37-9-7-36(8-10-37)25-29-13-22(14-30-25)40-21-4-2-19(27)3-5-21;1-2/h1-12,19-21,24,31,35H,13-18,22-23H2,(H,38,39,40,41);2-5,13-15,17,20,28H,6-12,16H2,1H3,(H,31,32,34,35);1-2H3. The van der Waals surface area contributed by atoms with Crippen molar-refractivity contribution in [3.05, 3.63) is 186 Å². The Bertz CT molecular complexity index is 3520. The Kier molecular flexibility index (Phi) is 19.6. The molecular weight excluding hydrogens is 1090 g/mol. The van der Waals surface area contributed by atoms with Crippen LogP contribution in [-0.4, -0.2) is 144 Å². The van der Waals surface area contributed by atoms with E-state index in [-0.39, 0.29) is 18.0 Å². The molecule has 4 aliphatic rings. The van der Waals surface area contributed by atoms with E-state index in [9.17, 15) is 4.39 Å². The Morgan fingerprint density at radius 1 is 0.612 bits per heavy atom. The first-order valence-electron chi connectivity index (χ1n) is 29.1. The summed E-state index contributed by atoms with van der Waals surface area (Å²) in [6.07, 6.45) is 15.3. The average Bonchev–Trinajstić information content (AvgIpc) is 4.06. The molecule has 85 heavy (non-hydrogen) atoms. The van der Waals surface area contributed by atoms with Crippen molar-refractivity contribution in [2.24, 2.45) is 0 Å². The molecule has 0 saturated carbocycles. The Balaban J connectivity index is 0.000000172. The van der Waals surface area contributed by atoms with Crippen molar-refractivity contribution in [1.29, 1.82) is 0 Å². The third kappa shape index (κ3) is 15.5. The third-order valence-corrected chi connectivity index (χ3v) is 15.9. The predicted molar refractivity (Wildman–Crippen MR) is 331 cm³/mol. The van der Waals surface area contributed by atoms with E-state index in [4.69, 9.17) is 19.7 Å². The second kappa shape index (κ2) is 28.7. The molecule has 0 aliphatic carbocycles. The van der Waals surface area contributed by atoms with Gasteiger partial charge in [0.2, 0.25) is 35.7 Å². The summed E-state index contributed by atoms with van der Waals surface area (Å²) in [5.74, 6) is 3.52. The molecular formula is C62H71FN20OS. The molecule has 4 aromatic carbocycles. The van der Waals surface area contributed by atoms with E-state index in [1.807, 2.05) is 43.9 Å². The number of nitrogens with one attached hydrogen (secondary N) is 4. The Labute approximate surface area is 499 Å². The summed E-state index contributed by atoms with van der Waals surface area (Å²) in [6.45, 7) is 16.3. The van der Waals surface area contributed by atoms with Crippen molar-refractivity contribution in [1.82, 2.24) is 70.3 Å². The van der Waals surface area contributed by atoms with Gasteiger partial charge in [0.25, 0.3) is 0 Å². The molecule has 0 spiro atoms. The lowest BCUT2D eigenvalue weighted by Crippen LogP contribution is -2.55. The first-order valence-corrected chi connectivity index (χ1v) is 29.9. The van der Waals surface area contributed by atoms with E-state index < -0.39 is 0 Å². The van der Waals surface area contributed by atoms with Crippen LogP contribution in [0.25, 0.3) is 0 Å². The summed E-state index contributed by atoms with van der Waals surface area (Å²) in [6, 6.07) is 34.0. The highest BCUT2D eigenvalue weighted by molar-refractivity contribution is 7.99. The quantitative estimate of drug-likeness (QED) is 0.0718. The smallest absolute Gasteiger partial charge is 0.232 e. The van der Waals surface area contributed by atoms with Crippen LogP contribution in [0.4, 0.5) is 51.5 Å². The van der Waals surface area contributed by atoms with Gasteiger partial charge >= 0.3 is 0 Å². The molecule has 0 bridgehead atoms. The lowest BCUT2D eigenvalue weighted by Gasteiger charge is -2.41. The topological polar surface area (TPSA) is 217 Å². The number of aromatic nitrogens is 12. The molecule has 13 rings (SSSR count). The first-order chi connectivity index (χ1) is 41.9. The zero-order chi connectivity index (χ0) is 58.2. The Morgan fingerprint density at radius 3 is 2.00 bits per heavy atom. The van der Waals surface area contributed by atoms with E-state index in [1.54, 1.807) is 37.1 Å². The number of hydrogen-bond acceptors (Lipinski definition) is 21. The molecule has 9 heterocycles. The van der Waals surface area contributed by atoms with Crippen LogP contribution in [0.3, 0.4) is 0 Å². The second-order valence-electron chi connectivity index (χ2n) is 20.7. The van der Waals surface area contributed by atoms with Crippen molar-refractivity contribution in [3.8, 4) is 0 Å². The van der Waals surface area contributed by atoms with Crippen molar-refractivity contribution < 1.29 is 9.13 Å². The zero-order valence-electron chi connectivity index (χ0n) is 48.2. The SMILES string of the molecule is CC.Cc1c(Nc2ncnc(N3CCN(c4ncc(Sc5ccc(F)cc5)cn4)CC3)n2)cnn1CC1CNCCO1.c1ccc(Cc2cnc(N3CCN(c4ncnc(Nc5ccc6c(c5)CNCC6)n4)C(Cc4ccccc4)C3)nc2)cc1. The number of piperazine rings is 2. The van der Waals surface area contributed by atoms with Gasteiger partial charge in [-0.25, -0.2) is 44.3 Å². The normalized spacial score (nSPS) is 16.8. The number of ether oxygens (including phenoxy) is 1. The van der Waals surface area contributed by atoms with E-state index in [2.05, 4.69) is 154 Å². The van der Waals surface area contributed by atoms with Gasteiger partial charge in [-0.1, -0.05) is 92.3 Å².